The number of carbonyl (C=O) groups is 1. The second-order valence-corrected chi connectivity index (χ2v) is 6.12. The fourth-order valence-electron chi connectivity index (χ4n) is 3.29. The minimum atomic E-state index is -0.724. The van der Waals surface area contributed by atoms with Crippen molar-refractivity contribution < 1.29 is 9.90 Å². The molecule has 0 spiro atoms. The van der Waals surface area contributed by atoms with Gasteiger partial charge >= 0.3 is 5.97 Å². The highest BCUT2D eigenvalue weighted by Gasteiger charge is 2.17. The van der Waals surface area contributed by atoms with Crippen molar-refractivity contribution in [3.05, 3.63) is 29.3 Å². The molecule has 22 heavy (non-hydrogen) atoms. The van der Waals surface area contributed by atoms with Crippen molar-refractivity contribution in [2.45, 2.75) is 39.5 Å². The van der Waals surface area contributed by atoms with E-state index in [0.29, 0.717) is 6.54 Å². The van der Waals surface area contributed by atoms with E-state index in [1.54, 1.807) is 0 Å². The zero-order chi connectivity index (χ0) is 15.9. The summed E-state index contributed by atoms with van der Waals surface area (Å²) in [7, 11) is 0. The van der Waals surface area contributed by atoms with Gasteiger partial charge in [-0.25, -0.2) is 0 Å². The van der Waals surface area contributed by atoms with Crippen molar-refractivity contribution in [2.75, 3.05) is 37.6 Å². The molecule has 0 unspecified atom stereocenters. The van der Waals surface area contributed by atoms with Gasteiger partial charge in [-0.05, 0) is 50.4 Å². The van der Waals surface area contributed by atoms with E-state index in [2.05, 4.69) is 41.8 Å². The third-order valence-electron chi connectivity index (χ3n) is 4.50. The number of anilines is 1. The van der Waals surface area contributed by atoms with Crippen LogP contribution in [0.3, 0.4) is 0 Å². The number of aliphatic carboxylic acids is 1. The Bertz CT molecular complexity index is 496. The van der Waals surface area contributed by atoms with Crippen molar-refractivity contribution in [1.82, 2.24) is 4.90 Å². The molecule has 1 aliphatic rings. The standard InChI is InChI=1S/C18H28N2O2/c1-3-16-8-6-7-15(2)18(16)20(12-9-17(21)22)14-13-19-10-4-5-11-19/h6-8H,3-5,9-14H2,1-2H3,(H,21,22). The summed E-state index contributed by atoms with van der Waals surface area (Å²) in [6, 6.07) is 6.37. The second-order valence-electron chi connectivity index (χ2n) is 6.12. The van der Waals surface area contributed by atoms with E-state index in [1.807, 2.05) is 0 Å². The van der Waals surface area contributed by atoms with E-state index in [4.69, 9.17) is 5.11 Å². The van der Waals surface area contributed by atoms with Gasteiger partial charge < -0.3 is 14.9 Å². The van der Waals surface area contributed by atoms with Gasteiger partial charge in [0.25, 0.3) is 0 Å². The molecule has 1 fully saturated rings. The van der Waals surface area contributed by atoms with Crippen molar-refractivity contribution in [1.29, 1.82) is 0 Å². The quantitative estimate of drug-likeness (QED) is 0.802. The Morgan fingerprint density at radius 3 is 2.64 bits per heavy atom. The molecule has 4 heteroatoms. The highest BCUT2D eigenvalue weighted by atomic mass is 16.4. The van der Waals surface area contributed by atoms with Gasteiger partial charge in [-0.2, -0.15) is 0 Å². The Morgan fingerprint density at radius 2 is 2.00 bits per heavy atom. The van der Waals surface area contributed by atoms with Crippen LogP contribution in [0.5, 0.6) is 0 Å². The van der Waals surface area contributed by atoms with Crippen LogP contribution in [0, 0.1) is 6.92 Å². The van der Waals surface area contributed by atoms with Gasteiger partial charge in [-0.15, -0.1) is 0 Å². The molecule has 1 saturated heterocycles. The monoisotopic (exact) mass is 304 g/mol. The summed E-state index contributed by atoms with van der Waals surface area (Å²) in [6.45, 7) is 9.16. The Labute approximate surface area is 133 Å². The Balaban J connectivity index is 2.13. The van der Waals surface area contributed by atoms with Gasteiger partial charge in [0.1, 0.15) is 0 Å². The maximum atomic E-state index is 11.0. The number of rotatable bonds is 8. The number of hydrogen-bond acceptors (Lipinski definition) is 3. The van der Waals surface area contributed by atoms with Gasteiger partial charge in [0, 0.05) is 25.3 Å². The molecule has 0 bridgehead atoms. The second kappa shape index (κ2) is 8.18. The molecule has 1 N–H and O–H groups in total. The number of carboxylic acid groups (broad SMARTS) is 1. The van der Waals surface area contributed by atoms with E-state index < -0.39 is 5.97 Å². The van der Waals surface area contributed by atoms with Crippen molar-refractivity contribution in [3.63, 3.8) is 0 Å². The summed E-state index contributed by atoms with van der Waals surface area (Å²) in [5.74, 6) is -0.724. The molecule has 0 amide bonds. The lowest BCUT2D eigenvalue weighted by Gasteiger charge is -2.30. The first-order chi connectivity index (χ1) is 10.6. The lowest BCUT2D eigenvalue weighted by molar-refractivity contribution is -0.136. The maximum absolute atomic E-state index is 11.0. The molecular weight excluding hydrogens is 276 g/mol. The highest BCUT2D eigenvalue weighted by molar-refractivity contribution is 5.68. The number of aryl methyl sites for hydroxylation is 2. The molecule has 0 aromatic heterocycles. The van der Waals surface area contributed by atoms with E-state index in [-0.39, 0.29) is 6.42 Å². The number of likely N-dealkylation sites (tertiary alicyclic amines) is 1. The minimum Gasteiger partial charge on any atom is -0.481 e. The summed E-state index contributed by atoms with van der Waals surface area (Å²) >= 11 is 0. The van der Waals surface area contributed by atoms with Crippen molar-refractivity contribution in [3.8, 4) is 0 Å². The normalized spacial score (nSPS) is 15.2. The third kappa shape index (κ3) is 4.47. The summed E-state index contributed by atoms with van der Waals surface area (Å²) in [5, 5.41) is 9.05. The topological polar surface area (TPSA) is 43.8 Å². The number of para-hydroxylation sites is 1. The Kier molecular flexibility index (Phi) is 6.25. The molecule has 1 heterocycles. The summed E-state index contributed by atoms with van der Waals surface area (Å²) in [5.41, 5.74) is 3.79. The van der Waals surface area contributed by atoms with E-state index in [1.165, 1.54) is 42.7 Å². The van der Waals surface area contributed by atoms with Crippen LogP contribution in [0.15, 0.2) is 18.2 Å². The van der Waals surface area contributed by atoms with Gasteiger partial charge in [-0.1, -0.05) is 25.1 Å². The van der Waals surface area contributed by atoms with Crippen LogP contribution in [0.4, 0.5) is 5.69 Å². The van der Waals surface area contributed by atoms with Crippen LogP contribution in [0.2, 0.25) is 0 Å². The molecule has 0 aliphatic carbocycles. The average Bonchev–Trinajstić information content (AvgIpc) is 3.01. The van der Waals surface area contributed by atoms with E-state index in [9.17, 15) is 4.79 Å². The zero-order valence-corrected chi connectivity index (χ0v) is 13.8. The van der Waals surface area contributed by atoms with Gasteiger partial charge in [-0.3, -0.25) is 4.79 Å². The lowest BCUT2D eigenvalue weighted by Crippen LogP contribution is -2.36. The molecule has 122 valence electrons. The molecule has 1 aromatic rings. The lowest BCUT2D eigenvalue weighted by atomic mass is 10.0. The van der Waals surface area contributed by atoms with Crippen LogP contribution < -0.4 is 4.90 Å². The van der Waals surface area contributed by atoms with Gasteiger partial charge in [0.15, 0.2) is 0 Å². The van der Waals surface area contributed by atoms with Crippen LogP contribution in [0.1, 0.15) is 37.3 Å². The zero-order valence-electron chi connectivity index (χ0n) is 13.8. The smallest absolute Gasteiger partial charge is 0.305 e. The Morgan fingerprint density at radius 1 is 1.27 bits per heavy atom. The highest BCUT2D eigenvalue weighted by Crippen LogP contribution is 2.26. The van der Waals surface area contributed by atoms with Gasteiger partial charge in [0.05, 0.1) is 6.42 Å². The molecule has 0 saturated carbocycles. The van der Waals surface area contributed by atoms with Crippen molar-refractivity contribution in [2.24, 2.45) is 0 Å². The minimum absolute atomic E-state index is 0.192. The fourth-order valence-corrected chi connectivity index (χ4v) is 3.29. The predicted molar refractivity (Wildman–Crippen MR) is 90.7 cm³/mol. The molecular formula is C18H28N2O2. The number of benzene rings is 1. The third-order valence-corrected chi connectivity index (χ3v) is 4.50. The summed E-state index contributed by atoms with van der Waals surface area (Å²) < 4.78 is 0. The van der Waals surface area contributed by atoms with Crippen LogP contribution in [-0.2, 0) is 11.2 Å². The van der Waals surface area contributed by atoms with Gasteiger partial charge in [0.2, 0.25) is 0 Å². The first-order valence-electron chi connectivity index (χ1n) is 8.39. The molecule has 4 nitrogen and oxygen atoms in total. The first-order valence-corrected chi connectivity index (χ1v) is 8.39. The van der Waals surface area contributed by atoms with Crippen LogP contribution >= 0.6 is 0 Å². The molecule has 1 aliphatic heterocycles. The Hall–Kier alpha value is -1.55. The fraction of sp³-hybridized carbons (Fsp3) is 0.611. The SMILES string of the molecule is CCc1cccc(C)c1N(CCC(=O)O)CCN1CCCC1. The number of carboxylic acids is 1. The number of hydrogen-bond donors (Lipinski definition) is 1. The van der Waals surface area contributed by atoms with Crippen LogP contribution in [-0.4, -0.2) is 48.7 Å². The van der Waals surface area contributed by atoms with Crippen LogP contribution in [0.25, 0.3) is 0 Å². The van der Waals surface area contributed by atoms with Crippen molar-refractivity contribution >= 4 is 11.7 Å². The average molecular weight is 304 g/mol. The molecule has 2 rings (SSSR count). The molecule has 0 atom stereocenters. The maximum Gasteiger partial charge on any atom is 0.305 e. The molecule has 1 aromatic carbocycles. The summed E-state index contributed by atoms with van der Waals surface area (Å²) in [4.78, 5) is 15.8. The number of nitrogens with zero attached hydrogens (tertiary/aromatic N) is 2. The largest absolute Gasteiger partial charge is 0.481 e. The van der Waals surface area contributed by atoms with E-state index in [0.717, 1.165) is 19.5 Å². The van der Waals surface area contributed by atoms with E-state index >= 15 is 0 Å². The first kappa shape index (κ1) is 16.8. The molecule has 0 radical (unpaired) electrons. The predicted octanol–water partition coefficient (Wildman–Crippen LogP) is 2.93. The summed E-state index contributed by atoms with van der Waals surface area (Å²) in [6.07, 6.45) is 3.75.